The molecule has 0 fully saturated rings. The summed E-state index contributed by atoms with van der Waals surface area (Å²) >= 11 is 0. The van der Waals surface area contributed by atoms with Gasteiger partial charge < -0.3 is 15.7 Å². The Morgan fingerprint density at radius 2 is 1.87 bits per heavy atom. The van der Waals surface area contributed by atoms with Gasteiger partial charge in [0.05, 0.1) is 13.0 Å². The van der Waals surface area contributed by atoms with Crippen LogP contribution in [0.3, 0.4) is 0 Å². The van der Waals surface area contributed by atoms with Crippen LogP contribution < -0.4 is 10.6 Å². The minimum Gasteiger partial charge on any atom is -0.481 e. The fourth-order valence-corrected chi connectivity index (χ4v) is 0.869. The maximum absolute atomic E-state index is 11.3. The predicted molar refractivity (Wildman–Crippen MR) is 57.6 cm³/mol. The molecule has 0 saturated heterocycles. The molecule has 1 amide bonds. The Kier molecular flexibility index (Phi) is 6.70. The molecule has 0 saturated carbocycles. The van der Waals surface area contributed by atoms with E-state index in [4.69, 9.17) is 5.11 Å². The molecule has 0 bridgehead atoms. The Labute approximate surface area is 90.2 Å². The topological polar surface area (TPSA) is 78.4 Å². The van der Waals surface area contributed by atoms with Gasteiger partial charge in [-0.2, -0.15) is 0 Å². The summed E-state index contributed by atoms with van der Waals surface area (Å²) in [7, 11) is 0. The normalized spacial score (nSPS) is 12.5. The Balaban J connectivity index is 3.53. The van der Waals surface area contributed by atoms with Crippen LogP contribution in [0.4, 0.5) is 0 Å². The van der Waals surface area contributed by atoms with E-state index < -0.39 is 5.97 Å². The van der Waals surface area contributed by atoms with E-state index >= 15 is 0 Å². The van der Waals surface area contributed by atoms with Gasteiger partial charge in [-0.25, -0.2) is 0 Å². The molecule has 0 aromatic heterocycles. The molecule has 15 heavy (non-hydrogen) atoms. The number of rotatable bonds is 7. The van der Waals surface area contributed by atoms with E-state index in [0.717, 1.165) is 0 Å². The third-order valence-corrected chi connectivity index (χ3v) is 2.19. The van der Waals surface area contributed by atoms with Crippen molar-refractivity contribution in [2.45, 2.75) is 33.2 Å². The fourth-order valence-electron chi connectivity index (χ4n) is 0.869. The van der Waals surface area contributed by atoms with Gasteiger partial charge in [-0.3, -0.25) is 9.59 Å². The average molecular weight is 216 g/mol. The van der Waals surface area contributed by atoms with E-state index in [0.29, 0.717) is 12.5 Å². The minimum atomic E-state index is -0.863. The van der Waals surface area contributed by atoms with Crippen LogP contribution in [0.2, 0.25) is 0 Å². The van der Waals surface area contributed by atoms with Crippen LogP contribution in [0.15, 0.2) is 0 Å². The lowest BCUT2D eigenvalue weighted by molar-refractivity contribution is -0.137. The summed E-state index contributed by atoms with van der Waals surface area (Å²) in [6.45, 7) is 6.49. The van der Waals surface area contributed by atoms with Crippen molar-refractivity contribution < 1.29 is 14.7 Å². The molecule has 5 nitrogen and oxygen atoms in total. The molecule has 5 heteroatoms. The number of hydrogen-bond donors (Lipinski definition) is 3. The Morgan fingerprint density at radius 3 is 2.33 bits per heavy atom. The van der Waals surface area contributed by atoms with Gasteiger partial charge in [0.25, 0.3) is 0 Å². The van der Waals surface area contributed by atoms with Crippen LogP contribution in [0.5, 0.6) is 0 Å². The number of aliphatic carboxylic acids is 1. The largest absolute Gasteiger partial charge is 0.481 e. The van der Waals surface area contributed by atoms with Crippen molar-refractivity contribution in [2.75, 3.05) is 13.1 Å². The maximum Gasteiger partial charge on any atom is 0.304 e. The van der Waals surface area contributed by atoms with Gasteiger partial charge in [0.1, 0.15) is 0 Å². The first-order chi connectivity index (χ1) is 6.93. The molecule has 0 aliphatic heterocycles. The van der Waals surface area contributed by atoms with Crippen LogP contribution in [-0.4, -0.2) is 36.1 Å². The second kappa shape index (κ2) is 7.23. The second-order valence-corrected chi connectivity index (χ2v) is 3.92. The van der Waals surface area contributed by atoms with Gasteiger partial charge in [-0.05, 0) is 12.8 Å². The summed E-state index contributed by atoms with van der Waals surface area (Å²) < 4.78 is 0. The van der Waals surface area contributed by atoms with Crippen molar-refractivity contribution in [1.82, 2.24) is 10.6 Å². The Morgan fingerprint density at radius 1 is 1.27 bits per heavy atom. The molecule has 0 aromatic carbocycles. The Hall–Kier alpha value is -1.10. The average Bonchev–Trinajstić information content (AvgIpc) is 2.12. The van der Waals surface area contributed by atoms with Crippen LogP contribution >= 0.6 is 0 Å². The molecule has 0 heterocycles. The van der Waals surface area contributed by atoms with Gasteiger partial charge in [-0.15, -0.1) is 0 Å². The van der Waals surface area contributed by atoms with E-state index in [-0.39, 0.29) is 24.9 Å². The van der Waals surface area contributed by atoms with E-state index in [2.05, 4.69) is 10.6 Å². The van der Waals surface area contributed by atoms with Crippen LogP contribution in [-0.2, 0) is 9.59 Å². The zero-order valence-corrected chi connectivity index (χ0v) is 9.54. The summed E-state index contributed by atoms with van der Waals surface area (Å²) in [6.07, 6.45) is 0.0347. The molecule has 1 unspecified atom stereocenters. The van der Waals surface area contributed by atoms with Crippen molar-refractivity contribution in [3.63, 3.8) is 0 Å². The van der Waals surface area contributed by atoms with E-state index in [1.54, 1.807) is 0 Å². The maximum atomic E-state index is 11.3. The van der Waals surface area contributed by atoms with E-state index in [1.165, 1.54) is 0 Å². The molecule has 0 aliphatic carbocycles. The van der Waals surface area contributed by atoms with Crippen LogP contribution in [0, 0.1) is 5.92 Å². The second-order valence-electron chi connectivity index (χ2n) is 3.92. The standard InChI is InChI=1S/C10H20N2O3/c1-7(2)8(3)12-9(13)6-11-5-4-10(14)15/h7-8,11H,4-6H2,1-3H3,(H,12,13)(H,14,15). The van der Waals surface area contributed by atoms with Crippen LogP contribution in [0.25, 0.3) is 0 Å². The van der Waals surface area contributed by atoms with Crippen molar-refractivity contribution in [3.8, 4) is 0 Å². The molecule has 88 valence electrons. The lowest BCUT2D eigenvalue weighted by Crippen LogP contribution is -2.41. The van der Waals surface area contributed by atoms with Crippen LogP contribution in [0.1, 0.15) is 27.2 Å². The lowest BCUT2D eigenvalue weighted by Gasteiger charge is -2.17. The summed E-state index contributed by atoms with van der Waals surface area (Å²) in [4.78, 5) is 21.5. The van der Waals surface area contributed by atoms with Crippen molar-refractivity contribution >= 4 is 11.9 Å². The van der Waals surface area contributed by atoms with Crippen molar-refractivity contribution in [1.29, 1.82) is 0 Å². The molecule has 0 spiro atoms. The highest BCUT2D eigenvalue weighted by molar-refractivity contribution is 5.78. The highest BCUT2D eigenvalue weighted by Crippen LogP contribution is 1.98. The Bertz CT molecular complexity index is 217. The summed E-state index contributed by atoms with van der Waals surface area (Å²) in [5.74, 6) is -0.562. The monoisotopic (exact) mass is 216 g/mol. The third-order valence-electron chi connectivity index (χ3n) is 2.19. The minimum absolute atomic E-state index is 0.0347. The molecule has 0 aromatic rings. The van der Waals surface area contributed by atoms with Crippen molar-refractivity contribution in [2.24, 2.45) is 5.92 Å². The number of carboxylic acids is 1. The molecular formula is C10H20N2O3. The van der Waals surface area contributed by atoms with Gasteiger partial charge in [0.15, 0.2) is 0 Å². The van der Waals surface area contributed by atoms with Gasteiger partial charge in [0, 0.05) is 12.6 Å². The number of carbonyl (C=O) groups excluding carboxylic acids is 1. The number of hydrogen-bond acceptors (Lipinski definition) is 3. The summed E-state index contributed by atoms with van der Waals surface area (Å²) in [6, 6.07) is 0.138. The molecule has 0 rings (SSSR count). The fraction of sp³-hybridized carbons (Fsp3) is 0.800. The third kappa shape index (κ3) is 7.93. The zero-order chi connectivity index (χ0) is 11.8. The SMILES string of the molecule is CC(C)C(C)NC(=O)CNCCC(=O)O. The first kappa shape index (κ1) is 13.9. The number of carbonyl (C=O) groups is 2. The summed E-state index contributed by atoms with van der Waals surface area (Å²) in [5, 5.41) is 13.9. The lowest BCUT2D eigenvalue weighted by atomic mass is 10.1. The quantitative estimate of drug-likeness (QED) is 0.532. The van der Waals surface area contributed by atoms with Gasteiger partial charge in [-0.1, -0.05) is 13.8 Å². The zero-order valence-electron chi connectivity index (χ0n) is 9.54. The smallest absolute Gasteiger partial charge is 0.304 e. The number of nitrogens with one attached hydrogen (secondary N) is 2. The predicted octanol–water partition coefficient (Wildman–Crippen LogP) is 0.211. The number of carboxylic acid groups (broad SMARTS) is 1. The van der Waals surface area contributed by atoms with E-state index in [1.807, 2.05) is 20.8 Å². The molecular weight excluding hydrogens is 196 g/mol. The number of amides is 1. The highest BCUT2D eigenvalue weighted by atomic mass is 16.4. The molecule has 0 radical (unpaired) electrons. The highest BCUT2D eigenvalue weighted by Gasteiger charge is 2.09. The first-order valence-corrected chi connectivity index (χ1v) is 5.15. The molecule has 1 atom stereocenters. The first-order valence-electron chi connectivity index (χ1n) is 5.15. The van der Waals surface area contributed by atoms with E-state index in [9.17, 15) is 9.59 Å². The van der Waals surface area contributed by atoms with Crippen molar-refractivity contribution in [3.05, 3.63) is 0 Å². The molecule has 3 N–H and O–H groups in total. The van der Waals surface area contributed by atoms with Gasteiger partial charge in [0.2, 0.25) is 5.91 Å². The molecule has 0 aliphatic rings. The van der Waals surface area contributed by atoms with Gasteiger partial charge >= 0.3 is 5.97 Å². The summed E-state index contributed by atoms with van der Waals surface area (Å²) in [5.41, 5.74) is 0.